The van der Waals surface area contributed by atoms with Crippen molar-refractivity contribution in [3.63, 3.8) is 0 Å². The molecule has 0 saturated heterocycles. The van der Waals surface area contributed by atoms with Crippen molar-refractivity contribution in [2.75, 3.05) is 0 Å². The summed E-state index contributed by atoms with van der Waals surface area (Å²) in [5, 5.41) is 10.9. The fourth-order valence-electron chi connectivity index (χ4n) is 4.96. The fraction of sp³-hybridized carbons (Fsp3) is 0.800. The predicted octanol–water partition coefficient (Wildman–Crippen LogP) is 2.14. The van der Waals surface area contributed by atoms with E-state index in [9.17, 15) is 9.90 Å². The quantitative estimate of drug-likeness (QED) is 0.686. The van der Waals surface area contributed by atoms with Crippen molar-refractivity contribution < 1.29 is 9.90 Å². The zero-order chi connectivity index (χ0) is 12.2. The van der Waals surface area contributed by atoms with Crippen molar-refractivity contribution in [3.8, 4) is 0 Å². The lowest BCUT2D eigenvalue weighted by Gasteiger charge is -2.59. The van der Waals surface area contributed by atoms with Crippen LogP contribution < -0.4 is 5.11 Å². The largest absolute Gasteiger partial charge is 0.545 e. The summed E-state index contributed by atoms with van der Waals surface area (Å²) in [6, 6.07) is 0. The number of hydrogen-bond acceptors (Lipinski definition) is 2. The van der Waals surface area contributed by atoms with Crippen molar-refractivity contribution in [2.24, 2.45) is 29.1 Å². The molecule has 2 nitrogen and oxygen atoms in total. The summed E-state index contributed by atoms with van der Waals surface area (Å²) in [5.41, 5.74) is 0.553. The third kappa shape index (κ3) is 1.64. The molecule has 4 fully saturated rings. The Morgan fingerprint density at radius 3 is 2.00 bits per heavy atom. The molecule has 4 rings (SSSR count). The van der Waals surface area contributed by atoms with Gasteiger partial charge < -0.3 is 9.90 Å². The van der Waals surface area contributed by atoms with E-state index >= 15 is 0 Å². The van der Waals surface area contributed by atoms with Gasteiger partial charge in [-0.15, -0.1) is 0 Å². The van der Waals surface area contributed by atoms with Crippen LogP contribution in [0.1, 0.15) is 46.0 Å². The van der Waals surface area contributed by atoms with Gasteiger partial charge in [0.1, 0.15) is 0 Å². The minimum absolute atomic E-state index is 0.123. The lowest BCUT2D eigenvalue weighted by atomic mass is 9.46. The maximum atomic E-state index is 10.9. The molecule has 0 heterocycles. The minimum Gasteiger partial charge on any atom is -0.545 e. The molecular formula is C15H21O2-. The summed E-state index contributed by atoms with van der Waals surface area (Å²) in [7, 11) is 0. The molecule has 94 valence electrons. The van der Waals surface area contributed by atoms with Crippen LogP contribution in [0.3, 0.4) is 0 Å². The Hall–Kier alpha value is -0.790. The molecule has 0 spiro atoms. The Morgan fingerprint density at radius 1 is 1.12 bits per heavy atom. The van der Waals surface area contributed by atoms with Gasteiger partial charge in [-0.05, 0) is 73.7 Å². The van der Waals surface area contributed by atoms with E-state index in [4.69, 9.17) is 0 Å². The van der Waals surface area contributed by atoms with E-state index in [1.165, 1.54) is 32.1 Å². The summed E-state index contributed by atoms with van der Waals surface area (Å²) in [6.07, 6.45) is 8.74. The Kier molecular flexibility index (Phi) is 2.39. The molecule has 0 aliphatic heterocycles. The first-order valence-electron chi connectivity index (χ1n) is 6.90. The van der Waals surface area contributed by atoms with Crippen LogP contribution in [0.15, 0.2) is 11.6 Å². The van der Waals surface area contributed by atoms with Gasteiger partial charge in [-0.3, -0.25) is 0 Å². The van der Waals surface area contributed by atoms with Crippen LogP contribution in [-0.2, 0) is 4.79 Å². The number of hydrogen-bond donors (Lipinski definition) is 0. The molecule has 0 amide bonds. The number of carboxylic acid groups (broad SMARTS) is 1. The highest BCUT2D eigenvalue weighted by atomic mass is 16.4. The second-order valence-electron chi connectivity index (χ2n) is 6.79. The summed E-state index contributed by atoms with van der Waals surface area (Å²) in [6.45, 7) is 3.97. The smallest absolute Gasteiger partial charge is 0.0669 e. The SMILES string of the molecule is CC(=CC1(C)C2CC3CC(C2)CC1C3)C(=O)[O-]. The summed E-state index contributed by atoms with van der Waals surface area (Å²) in [5.74, 6) is 2.30. The molecule has 4 aliphatic rings. The lowest BCUT2D eigenvalue weighted by Crippen LogP contribution is -2.50. The Bertz CT molecular complexity index is 352. The molecule has 4 aliphatic carbocycles. The van der Waals surface area contributed by atoms with Crippen LogP contribution in [0.2, 0.25) is 0 Å². The number of carboxylic acids is 1. The van der Waals surface area contributed by atoms with Gasteiger partial charge in [-0.2, -0.15) is 0 Å². The van der Waals surface area contributed by atoms with E-state index in [0.29, 0.717) is 17.4 Å². The number of rotatable bonds is 2. The Labute approximate surface area is 103 Å². The summed E-state index contributed by atoms with van der Waals surface area (Å²) in [4.78, 5) is 10.9. The van der Waals surface area contributed by atoms with Gasteiger partial charge in [0.2, 0.25) is 0 Å². The third-order valence-corrected chi connectivity index (χ3v) is 5.75. The molecule has 17 heavy (non-hydrogen) atoms. The van der Waals surface area contributed by atoms with E-state index in [2.05, 4.69) is 6.92 Å². The average molecular weight is 233 g/mol. The maximum absolute atomic E-state index is 10.9. The van der Waals surface area contributed by atoms with Gasteiger partial charge in [0.05, 0.1) is 5.97 Å². The number of carbonyl (C=O) groups excluding carboxylic acids is 1. The zero-order valence-corrected chi connectivity index (χ0v) is 10.7. The molecule has 0 N–H and O–H groups in total. The van der Waals surface area contributed by atoms with Crippen LogP contribution in [0.25, 0.3) is 0 Å². The van der Waals surface area contributed by atoms with E-state index in [0.717, 1.165) is 11.8 Å². The topological polar surface area (TPSA) is 40.1 Å². The van der Waals surface area contributed by atoms with E-state index in [1.54, 1.807) is 6.92 Å². The average Bonchev–Trinajstić information content (AvgIpc) is 2.25. The van der Waals surface area contributed by atoms with Gasteiger partial charge in [0, 0.05) is 0 Å². The van der Waals surface area contributed by atoms with Gasteiger partial charge in [0.15, 0.2) is 0 Å². The van der Waals surface area contributed by atoms with Crippen LogP contribution in [0.4, 0.5) is 0 Å². The predicted molar refractivity (Wildman–Crippen MR) is 63.9 cm³/mol. The molecule has 0 radical (unpaired) electrons. The standard InChI is InChI=1S/C15H22O2/c1-9(14(16)17)8-15(2)12-4-10-3-11(6-12)7-13(15)5-10/h8,10-13H,3-7H2,1-2H3,(H,16,17)/p-1. The van der Waals surface area contributed by atoms with Crippen LogP contribution in [0, 0.1) is 29.1 Å². The first-order chi connectivity index (χ1) is 7.99. The molecular weight excluding hydrogens is 212 g/mol. The first kappa shape index (κ1) is 11.3. The molecule has 0 atom stereocenters. The molecule has 4 saturated carbocycles. The van der Waals surface area contributed by atoms with E-state index in [-0.39, 0.29) is 5.41 Å². The number of allylic oxidation sites excluding steroid dienone is 1. The maximum Gasteiger partial charge on any atom is 0.0669 e. The van der Waals surface area contributed by atoms with Gasteiger partial charge in [0.25, 0.3) is 0 Å². The fourth-order valence-corrected chi connectivity index (χ4v) is 4.96. The van der Waals surface area contributed by atoms with Crippen LogP contribution in [-0.4, -0.2) is 5.97 Å². The van der Waals surface area contributed by atoms with Crippen LogP contribution >= 0.6 is 0 Å². The molecule has 0 unspecified atom stereocenters. The highest BCUT2D eigenvalue weighted by Gasteiger charge is 2.53. The minimum atomic E-state index is -1.000. The van der Waals surface area contributed by atoms with E-state index < -0.39 is 5.97 Å². The number of carbonyl (C=O) groups is 1. The normalized spacial score (nSPS) is 48.5. The highest BCUT2D eigenvalue weighted by Crippen LogP contribution is 2.62. The molecule has 0 aromatic carbocycles. The van der Waals surface area contributed by atoms with Gasteiger partial charge in [-0.25, -0.2) is 0 Å². The zero-order valence-electron chi connectivity index (χ0n) is 10.7. The van der Waals surface area contributed by atoms with Gasteiger partial charge >= 0.3 is 0 Å². The van der Waals surface area contributed by atoms with Gasteiger partial charge in [-0.1, -0.05) is 13.0 Å². The molecule has 0 aromatic heterocycles. The highest BCUT2D eigenvalue weighted by molar-refractivity contribution is 5.84. The van der Waals surface area contributed by atoms with Crippen molar-refractivity contribution in [1.29, 1.82) is 0 Å². The van der Waals surface area contributed by atoms with Crippen molar-refractivity contribution in [3.05, 3.63) is 11.6 Å². The third-order valence-electron chi connectivity index (χ3n) is 5.75. The van der Waals surface area contributed by atoms with Crippen molar-refractivity contribution in [1.82, 2.24) is 0 Å². The first-order valence-corrected chi connectivity index (χ1v) is 6.90. The monoisotopic (exact) mass is 233 g/mol. The lowest BCUT2D eigenvalue weighted by molar-refractivity contribution is -0.299. The van der Waals surface area contributed by atoms with E-state index in [1.807, 2.05) is 6.08 Å². The van der Waals surface area contributed by atoms with Crippen molar-refractivity contribution in [2.45, 2.75) is 46.0 Å². The number of aliphatic carboxylic acids is 1. The Balaban J connectivity index is 1.92. The second-order valence-corrected chi connectivity index (χ2v) is 6.79. The summed E-state index contributed by atoms with van der Waals surface area (Å²) < 4.78 is 0. The van der Waals surface area contributed by atoms with Crippen LogP contribution in [0.5, 0.6) is 0 Å². The molecule has 2 heteroatoms. The summed E-state index contributed by atoms with van der Waals surface area (Å²) >= 11 is 0. The second kappa shape index (κ2) is 3.60. The molecule has 4 bridgehead atoms. The van der Waals surface area contributed by atoms with Crippen molar-refractivity contribution >= 4 is 5.97 Å². The molecule has 0 aromatic rings. The Morgan fingerprint density at radius 2 is 1.59 bits per heavy atom.